The molecule has 1 atom stereocenters. The molecule has 1 unspecified atom stereocenters. The number of aliphatic carboxylic acids is 1. The van der Waals surface area contributed by atoms with Crippen LogP contribution in [-0.4, -0.2) is 29.5 Å². The molecule has 8 heavy (non-hydrogen) atoms. The Hall–Kier alpha value is -0.640. The van der Waals surface area contributed by atoms with Crippen LogP contribution in [0, 0.1) is 0 Å². The van der Waals surface area contributed by atoms with Crippen LogP contribution in [0.1, 0.15) is 6.92 Å². The van der Waals surface area contributed by atoms with Crippen LogP contribution in [0.25, 0.3) is 0 Å². The van der Waals surface area contributed by atoms with Crippen molar-refractivity contribution in [2.75, 3.05) is 7.18 Å². The van der Waals surface area contributed by atoms with Gasteiger partial charge in [-0.05, 0) is 6.92 Å². The highest BCUT2D eigenvalue weighted by Gasteiger charge is 2.01. The molecule has 0 aromatic heterocycles. The van der Waals surface area contributed by atoms with E-state index in [0.717, 1.165) is 0 Å². The lowest BCUT2D eigenvalue weighted by atomic mass is 10.4. The third kappa shape index (κ3) is 9.03. The minimum atomic E-state index is -1.23. The average molecular weight is 124 g/mol. The van der Waals surface area contributed by atoms with E-state index in [1.807, 2.05) is 0 Å². The van der Waals surface area contributed by atoms with Crippen LogP contribution < -0.4 is 0 Å². The molecule has 4 heteroatoms. The maximum atomic E-state index is 9.50. The van der Waals surface area contributed by atoms with Gasteiger partial charge in [-0.15, -0.1) is 0 Å². The van der Waals surface area contributed by atoms with E-state index in [0.29, 0.717) is 7.18 Å². The van der Waals surface area contributed by atoms with Gasteiger partial charge in [-0.2, -0.15) is 0 Å². The standard InChI is InChI=1S/C3H6O3.CH3F/c1-2(4)3(5)6;1-2/h2,4H,1H3,(H,5,6);1H3. The Labute approximate surface area is 46.8 Å². The molecule has 0 aromatic carbocycles. The summed E-state index contributed by atoms with van der Waals surface area (Å²) in [6.07, 6.45) is -1.23. The van der Waals surface area contributed by atoms with E-state index in [4.69, 9.17) is 10.2 Å². The molecule has 0 saturated carbocycles. The summed E-state index contributed by atoms with van der Waals surface area (Å²) in [5.41, 5.74) is 0. The minimum Gasteiger partial charge on any atom is -0.479 e. The van der Waals surface area contributed by atoms with E-state index in [1.165, 1.54) is 6.92 Å². The molecule has 0 aliphatic carbocycles. The third-order valence-corrected chi connectivity index (χ3v) is 0.357. The topological polar surface area (TPSA) is 57.5 Å². The summed E-state index contributed by atoms with van der Waals surface area (Å²) in [6, 6.07) is 0. The fourth-order valence-corrected chi connectivity index (χ4v) is 0. The molecule has 0 fully saturated rings. The molecule has 0 aliphatic rings. The zero-order valence-electron chi connectivity index (χ0n) is 4.76. The Morgan fingerprint density at radius 2 is 1.75 bits per heavy atom. The van der Waals surface area contributed by atoms with Crippen LogP contribution in [0.4, 0.5) is 4.39 Å². The number of halogens is 1. The lowest BCUT2D eigenvalue weighted by Crippen LogP contribution is -2.13. The lowest BCUT2D eigenvalue weighted by molar-refractivity contribution is -0.145. The fourth-order valence-electron chi connectivity index (χ4n) is 0. The summed E-state index contributed by atoms with van der Waals surface area (Å²) in [5, 5.41) is 15.8. The number of aliphatic hydroxyl groups excluding tert-OH is 1. The lowest BCUT2D eigenvalue weighted by Gasteiger charge is -1.89. The van der Waals surface area contributed by atoms with Gasteiger partial charge in [-0.25, -0.2) is 4.79 Å². The second-order valence-corrected chi connectivity index (χ2v) is 1.01. The van der Waals surface area contributed by atoms with Gasteiger partial charge in [0.25, 0.3) is 0 Å². The van der Waals surface area contributed by atoms with Crippen molar-refractivity contribution in [3.63, 3.8) is 0 Å². The predicted octanol–water partition coefficient (Wildman–Crippen LogP) is 0.0375. The zero-order chi connectivity index (χ0) is 7.15. The van der Waals surface area contributed by atoms with Crippen LogP contribution in [0.3, 0.4) is 0 Å². The molecule has 0 bridgehead atoms. The van der Waals surface area contributed by atoms with Crippen molar-refractivity contribution in [3.8, 4) is 0 Å². The number of alkyl halides is 1. The van der Waals surface area contributed by atoms with Crippen LogP contribution >= 0.6 is 0 Å². The van der Waals surface area contributed by atoms with Gasteiger partial charge in [0, 0.05) is 0 Å². The third-order valence-electron chi connectivity index (χ3n) is 0.357. The average Bonchev–Trinajstić information content (AvgIpc) is 1.72. The van der Waals surface area contributed by atoms with Gasteiger partial charge in [0.05, 0.1) is 7.18 Å². The monoisotopic (exact) mass is 124 g/mol. The van der Waals surface area contributed by atoms with Gasteiger partial charge in [0.2, 0.25) is 0 Å². The molecule has 2 N–H and O–H groups in total. The van der Waals surface area contributed by atoms with Crippen molar-refractivity contribution in [1.82, 2.24) is 0 Å². The maximum Gasteiger partial charge on any atom is 0.332 e. The normalized spacial score (nSPS) is 11.0. The predicted molar refractivity (Wildman–Crippen MR) is 26.3 cm³/mol. The fraction of sp³-hybridized carbons (Fsp3) is 0.750. The molecule has 0 spiro atoms. The quantitative estimate of drug-likeness (QED) is 0.518. The number of carboxylic acid groups (broad SMARTS) is 1. The summed E-state index contributed by atoms with van der Waals surface area (Å²) < 4.78 is 9.50. The molecule has 0 rings (SSSR count). The van der Waals surface area contributed by atoms with Crippen molar-refractivity contribution >= 4 is 5.97 Å². The number of hydrogen-bond donors (Lipinski definition) is 2. The van der Waals surface area contributed by atoms with Gasteiger partial charge < -0.3 is 10.2 Å². The number of aliphatic hydroxyl groups is 1. The summed E-state index contributed by atoms with van der Waals surface area (Å²) >= 11 is 0. The minimum absolute atomic E-state index is 0.500. The molecule has 50 valence electrons. The van der Waals surface area contributed by atoms with Gasteiger partial charge in [0.1, 0.15) is 6.10 Å². The van der Waals surface area contributed by atoms with E-state index >= 15 is 0 Å². The summed E-state index contributed by atoms with van der Waals surface area (Å²) in [4.78, 5) is 9.45. The molecule has 3 nitrogen and oxygen atoms in total. The molecule has 0 amide bonds. The molecule has 0 aliphatic heterocycles. The van der Waals surface area contributed by atoms with Crippen LogP contribution in [-0.2, 0) is 4.79 Å². The van der Waals surface area contributed by atoms with Crippen LogP contribution in [0.2, 0.25) is 0 Å². The highest BCUT2D eigenvalue weighted by molar-refractivity contribution is 5.71. The summed E-state index contributed by atoms with van der Waals surface area (Å²) in [5.74, 6) is -1.19. The van der Waals surface area contributed by atoms with E-state index in [1.54, 1.807) is 0 Å². The number of rotatable bonds is 1. The number of carboxylic acids is 1. The second-order valence-electron chi connectivity index (χ2n) is 1.01. The zero-order valence-corrected chi connectivity index (χ0v) is 4.76. The Balaban J connectivity index is 0. The van der Waals surface area contributed by atoms with Crippen LogP contribution in [0.5, 0.6) is 0 Å². The SMILES string of the molecule is CC(O)C(=O)O.CF. The van der Waals surface area contributed by atoms with E-state index in [9.17, 15) is 9.18 Å². The van der Waals surface area contributed by atoms with Gasteiger partial charge in [-0.1, -0.05) is 0 Å². The van der Waals surface area contributed by atoms with Crippen molar-refractivity contribution in [1.29, 1.82) is 0 Å². The van der Waals surface area contributed by atoms with Crippen molar-refractivity contribution in [2.24, 2.45) is 0 Å². The molecule has 0 aromatic rings. The van der Waals surface area contributed by atoms with E-state index < -0.39 is 12.1 Å². The molecular formula is C4H9FO3. The van der Waals surface area contributed by atoms with Gasteiger partial charge >= 0.3 is 5.97 Å². The molecule has 0 saturated heterocycles. The van der Waals surface area contributed by atoms with E-state index in [-0.39, 0.29) is 0 Å². The van der Waals surface area contributed by atoms with Gasteiger partial charge in [0.15, 0.2) is 0 Å². The van der Waals surface area contributed by atoms with Crippen molar-refractivity contribution in [3.05, 3.63) is 0 Å². The molecule has 0 radical (unpaired) electrons. The van der Waals surface area contributed by atoms with E-state index in [2.05, 4.69) is 0 Å². The second kappa shape index (κ2) is 6.36. The van der Waals surface area contributed by atoms with Crippen molar-refractivity contribution < 1.29 is 19.4 Å². The molecule has 0 heterocycles. The van der Waals surface area contributed by atoms with Crippen molar-refractivity contribution in [2.45, 2.75) is 13.0 Å². The Kier molecular flexibility index (Phi) is 8.24. The summed E-state index contributed by atoms with van der Waals surface area (Å²) in [6.45, 7) is 1.20. The first-order valence-corrected chi connectivity index (χ1v) is 1.93. The Morgan fingerprint density at radius 1 is 1.62 bits per heavy atom. The first-order valence-electron chi connectivity index (χ1n) is 1.93. The summed E-state index contributed by atoms with van der Waals surface area (Å²) in [7, 11) is 0.500. The Morgan fingerprint density at radius 3 is 1.75 bits per heavy atom. The maximum absolute atomic E-state index is 9.50. The highest BCUT2D eigenvalue weighted by atomic mass is 19.1. The molecular weight excluding hydrogens is 115 g/mol. The first-order chi connectivity index (χ1) is 3.64. The highest BCUT2D eigenvalue weighted by Crippen LogP contribution is 1.73. The largest absolute Gasteiger partial charge is 0.479 e. The number of hydrogen-bond acceptors (Lipinski definition) is 2. The number of carbonyl (C=O) groups is 1. The smallest absolute Gasteiger partial charge is 0.332 e. The Bertz CT molecular complexity index is 62.3. The first kappa shape index (κ1) is 10.4. The van der Waals surface area contributed by atoms with Crippen LogP contribution in [0.15, 0.2) is 0 Å². The van der Waals surface area contributed by atoms with Gasteiger partial charge in [-0.3, -0.25) is 4.39 Å².